The maximum Gasteiger partial charge on any atom is 0.253 e. The third-order valence-electron chi connectivity index (χ3n) is 7.78. The van der Waals surface area contributed by atoms with Gasteiger partial charge in [0.05, 0.1) is 18.7 Å². The molecule has 11 heteroatoms. The number of piperazine rings is 1. The number of H-pyrrole nitrogens is 1. The molecule has 1 aromatic carbocycles. The van der Waals surface area contributed by atoms with Gasteiger partial charge in [0.2, 0.25) is 6.79 Å². The molecule has 3 aromatic rings. The van der Waals surface area contributed by atoms with Gasteiger partial charge in [-0.1, -0.05) is 19.3 Å². The van der Waals surface area contributed by atoms with Gasteiger partial charge in [0, 0.05) is 56.3 Å². The lowest BCUT2D eigenvalue weighted by molar-refractivity contribution is 0.0612. The lowest BCUT2D eigenvalue weighted by Crippen LogP contribution is -2.52. The number of nitrogens with zero attached hydrogens (tertiary/aromatic N) is 6. The van der Waals surface area contributed by atoms with Crippen molar-refractivity contribution in [3.05, 3.63) is 39.9 Å². The zero-order valence-electron chi connectivity index (χ0n) is 20.7. The van der Waals surface area contributed by atoms with E-state index >= 15 is 0 Å². The van der Waals surface area contributed by atoms with Crippen molar-refractivity contribution in [2.75, 3.05) is 46.7 Å². The monoisotopic (exact) mass is 495 g/mol. The van der Waals surface area contributed by atoms with Crippen LogP contribution in [0, 0.1) is 0 Å². The molecular formula is C25H33N7O4. The van der Waals surface area contributed by atoms with Crippen LogP contribution in [0.5, 0.6) is 11.5 Å². The maximum absolute atomic E-state index is 13.5. The highest BCUT2D eigenvalue weighted by molar-refractivity contribution is 5.83. The van der Waals surface area contributed by atoms with Crippen molar-refractivity contribution in [1.29, 1.82) is 0 Å². The zero-order valence-corrected chi connectivity index (χ0v) is 20.7. The number of hydrogen-bond donors (Lipinski definition) is 1. The third-order valence-corrected chi connectivity index (χ3v) is 7.78. The predicted molar refractivity (Wildman–Crippen MR) is 132 cm³/mol. The minimum Gasteiger partial charge on any atom is -0.454 e. The molecule has 1 N–H and O–H groups in total. The van der Waals surface area contributed by atoms with Gasteiger partial charge in [-0.3, -0.25) is 14.6 Å². The van der Waals surface area contributed by atoms with Gasteiger partial charge in [-0.05, 0) is 35.4 Å². The third kappa shape index (κ3) is 4.46. The van der Waals surface area contributed by atoms with Crippen molar-refractivity contribution in [3.8, 4) is 11.5 Å². The molecule has 192 valence electrons. The summed E-state index contributed by atoms with van der Waals surface area (Å²) in [6, 6.07) is 6.00. The van der Waals surface area contributed by atoms with Crippen molar-refractivity contribution in [3.63, 3.8) is 0 Å². The highest BCUT2D eigenvalue weighted by Crippen LogP contribution is 2.36. The molecule has 0 spiro atoms. The number of tetrazole rings is 1. The summed E-state index contributed by atoms with van der Waals surface area (Å²) in [4.78, 5) is 21.5. The standard InChI is InChI=1S/C25H33N7O4/c1-34-12-11-32-24(27-28-29-32)23(31-9-7-30(8-10-31)18-5-3-2-4-6-18)19-13-17-14-21-22(36-16-35-21)15-20(17)26-25(19)33/h13-15,18,23H,2-12,16H2,1H3,(H,26,33)/t23-/m0/s1. The van der Waals surface area contributed by atoms with Crippen molar-refractivity contribution >= 4 is 10.9 Å². The average molecular weight is 496 g/mol. The lowest BCUT2D eigenvalue weighted by Gasteiger charge is -2.42. The second kappa shape index (κ2) is 10.2. The van der Waals surface area contributed by atoms with Crippen LogP contribution >= 0.6 is 0 Å². The lowest BCUT2D eigenvalue weighted by atomic mass is 9.93. The fourth-order valence-electron chi connectivity index (χ4n) is 5.87. The summed E-state index contributed by atoms with van der Waals surface area (Å²) >= 11 is 0. The van der Waals surface area contributed by atoms with Crippen molar-refractivity contribution < 1.29 is 14.2 Å². The Morgan fingerprint density at radius 1 is 1.08 bits per heavy atom. The zero-order chi connectivity index (χ0) is 24.5. The molecule has 0 bridgehead atoms. The molecule has 11 nitrogen and oxygen atoms in total. The Balaban J connectivity index is 1.35. The summed E-state index contributed by atoms with van der Waals surface area (Å²) in [7, 11) is 1.66. The van der Waals surface area contributed by atoms with Gasteiger partial charge >= 0.3 is 0 Å². The fourth-order valence-corrected chi connectivity index (χ4v) is 5.87. The quantitative estimate of drug-likeness (QED) is 0.526. The molecule has 6 rings (SSSR count). The van der Waals surface area contributed by atoms with Crippen LogP contribution in [0.2, 0.25) is 0 Å². The Kier molecular flexibility index (Phi) is 6.60. The Hall–Kier alpha value is -3.02. The SMILES string of the molecule is COCCn1nnnc1[C@H](c1cc2cc3c(cc2[nH]c1=O)OCO3)N1CCN(C2CCCCC2)CC1. The molecular weight excluding hydrogens is 462 g/mol. The van der Waals surface area contributed by atoms with Crippen LogP contribution in [0.3, 0.4) is 0 Å². The van der Waals surface area contributed by atoms with Gasteiger partial charge in [0.25, 0.3) is 5.56 Å². The minimum atomic E-state index is -0.371. The van der Waals surface area contributed by atoms with E-state index in [1.165, 1.54) is 32.1 Å². The number of ether oxygens (including phenoxy) is 3. The van der Waals surface area contributed by atoms with E-state index in [0.717, 1.165) is 31.6 Å². The molecule has 4 heterocycles. The largest absolute Gasteiger partial charge is 0.454 e. The first-order valence-electron chi connectivity index (χ1n) is 12.9. The first-order valence-corrected chi connectivity index (χ1v) is 12.9. The number of fused-ring (bicyclic) bond motifs is 2. The molecule has 1 saturated heterocycles. The summed E-state index contributed by atoms with van der Waals surface area (Å²) < 4.78 is 18.1. The number of aromatic nitrogens is 5. The molecule has 1 aliphatic carbocycles. The van der Waals surface area contributed by atoms with Crippen molar-refractivity contribution in [2.45, 2.75) is 50.7 Å². The van der Waals surface area contributed by atoms with Crippen LogP contribution < -0.4 is 15.0 Å². The minimum absolute atomic E-state index is 0.151. The van der Waals surface area contributed by atoms with E-state index in [2.05, 4.69) is 30.3 Å². The Morgan fingerprint density at radius 3 is 2.64 bits per heavy atom. The summed E-state index contributed by atoms with van der Waals surface area (Å²) in [5.41, 5.74) is 1.19. The van der Waals surface area contributed by atoms with Crippen molar-refractivity contribution in [1.82, 2.24) is 35.0 Å². The summed E-state index contributed by atoms with van der Waals surface area (Å²) in [5, 5.41) is 13.5. The molecule has 2 fully saturated rings. The van der Waals surface area contributed by atoms with E-state index in [-0.39, 0.29) is 18.4 Å². The van der Waals surface area contributed by atoms with Crippen molar-refractivity contribution in [2.24, 2.45) is 0 Å². The van der Waals surface area contributed by atoms with Gasteiger partial charge in [0.15, 0.2) is 17.3 Å². The number of nitrogens with one attached hydrogen (secondary N) is 1. The number of hydrogen-bond acceptors (Lipinski definition) is 9. The molecule has 1 saturated carbocycles. The van der Waals surface area contributed by atoms with E-state index < -0.39 is 0 Å². The Morgan fingerprint density at radius 2 is 1.86 bits per heavy atom. The van der Waals surface area contributed by atoms with Gasteiger partial charge in [-0.25, -0.2) is 4.68 Å². The molecule has 0 radical (unpaired) electrons. The molecule has 2 aromatic heterocycles. The van der Waals surface area contributed by atoms with E-state index in [1.54, 1.807) is 11.8 Å². The molecule has 3 aliphatic rings. The van der Waals surface area contributed by atoms with Gasteiger partial charge in [-0.2, -0.15) is 0 Å². The van der Waals surface area contributed by atoms with E-state index in [0.29, 0.717) is 47.6 Å². The topological polar surface area (TPSA) is 111 Å². The number of pyridine rings is 1. The van der Waals surface area contributed by atoms with Crippen LogP contribution in [0.15, 0.2) is 23.0 Å². The highest BCUT2D eigenvalue weighted by atomic mass is 16.7. The second-order valence-corrected chi connectivity index (χ2v) is 9.87. The number of methoxy groups -OCH3 is 1. The normalized spacial score (nSPS) is 20.2. The average Bonchev–Trinajstić information content (AvgIpc) is 3.57. The molecule has 1 atom stereocenters. The van der Waals surface area contributed by atoms with Crippen LogP contribution in [0.1, 0.15) is 49.5 Å². The summed E-state index contributed by atoms with van der Waals surface area (Å²) in [6.07, 6.45) is 6.59. The first-order chi connectivity index (χ1) is 17.7. The maximum atomic E-state index is 13.5. The van der Waals surface area contributed by atoms with Gasteiger partial charge in [-0.15, -0.1) is 5.10 Å². The van der Waals surface area contributed by atoms with Gasteiger partial charge in [0.1, 0.15) is 6.04 Å². The van der Waals surface area contributed by atoms with E-state index in [1.807, 2.05) is 18.2 Å². The Labute approximate surface area is 209 Å². The van der Waals surface area contributed by atoms with E-state index in [9.17, 15) is 4.79 Å². The molecule has 2 aliphatic heterocycles. The number of benzene rings is 1. The van der Waals surface area contributed by atoms with Gasteiger partial charge < -0.3 is 19.2 Å². The molecule has 0 amide bonds. The van der Waals surface area contributed by atoms with Crippen LogP contribution in [0.25, 0.3) is 10.9 Å². The smallest absolute Gasteiger partial charge is 0.253 e. The van der Waals surface area contributed by atoms with Crippen LogP contribution in [-0.2, 0) is 11.3 Å². The second-order valence-electron chi connectivity index (χ2n) is 9.87. The summed E-state index contributed by atoms with van der Waals surface area (Å²) in [6.45, 7) is 4.83. The highest BCUT2D eigenvalue weighted by Gasteiger charge is 2.34. The number of aromatic amines is 1. The van der Waals surface area contributed by atoms with Crippen LogP contribution in [-0.4, -0.2) is 87.7 Å². The summed E-state index contributed by atoms with van der Waals surface area (Å²) in [5.74, 6) is 1.98. The van der Waals surface area contributed by atoms with Crippen LogP contribution in [0.4, 0.5) is 0 Å². The molecule has 36 heavy (non-hydrogen) atoms. The fraction of sp³-hybridized carbons (Fsp3) is 0.600. The van der Waals surface area contributed by atoms with E-state index in [4.69, 9.17) is 14.2 Å². The molecule has 0 unspecified atom stereocenters. The predicted octanol–water partition coefficient (Wildman–Crippen LogP) is 1.93. The number of rotatable bonds is 7. The first kappa shape index (κ1) is 23.4. The Bertz CT molecular complexity index is 1260.